The fourth-order valence-corrected chi connectivity index (χ4v) is 4.00. The lowest BCUT2D eigenvalue weighted by Crippen LogP contribution is -2.49. The van der Waals surface area contributed by atoms with Crippen molar-refractivity contribution in [2.24, 2.45) is 5.92 Å². The highest BCUT2D eigenvalue weighted by atomic mass is 16.6. The summed E-state index contributed by atoms with van der Waals surface area (Å²) in [6.07, 6.45) is 0. The first kappa shape index (κ1) is 20.9. The average Bonchev–Trinajstić information content (AvgIpc) is 3.00. The van der Waals surface area contributed by atoms with Gasteiger partial charge in [0.15, 0.2) is 11.5 Å². The van der Waals surface area contributed by atoms with E-state index in [1.807, 2.05) is 39.0 Å². The summed E-state index contributed by atoms with van der Waals surface area (Å²) < 4.78 is 11.2. The van der Waals surface area contributed by atoms with Crippen LogP contribution >= 0.6 is 0 Å². The Morgan fingerprint density at radius 3 is 2.32 bits per heavy atom. The van der Waals surface area contributed by atoms with Crippen molar-refractivity contribution in [1.29, 1.82) is 0 Å². The second-order valence-electron chi connectivity index (χ2n) is 8.34. The number of carbonyl (C=O) groups is 3. The smallest absolute Gasteiger partial charge is 0.262 e. The van der Waals surface area contributed by atoms with Gasteiger partial charge in [-0.05, 0) is 49.6 Å². The highest BCUT2D eigenvalue weighted by molar-refractivity contribution is 6.22. The normalized spacial score (nSPS) is 16.9. The highest BCUT2D eigenvalue weighted by Crippen LogP contribution is 2.34. The lowest BCUT2D eigenvalue weighted by Gasteiger charge is -2.28. The molecule has 7 heteroatoms. The minimum absolute atomic E-state index is 0.0727. The molecule has 1 N–H and O–H groups in total. The van der Waals surface area contributed by atoms with Gasteiger partial charge in [0.1, 0.15) is 19.3 Å². The van der Waals surface area contributed by atoms with Crippen molar-refractivity contribution in [1.82, 2.24) is 10.2 Å². The van der Waals surface area contributed by atoms with Crippen molar-refractivity contribution < 1.29 is 23.9 Å². The molecule has 31 heavy (non-hydrogen) atoms. The Hall–Kier alpha value is -3.35. The minimum Gasteiger partial charge on any atom is -0.486 e. The van der Waals surface area contributed by atoms with Crippen LogP contribution in [0.5, 0.6) is 11.5 Å². The summed E-state index contributed by atoms with van der Waals surface area (Å²) in [5.74, 6) is 0.129. The summed E-state index contributed by atoms with van der Waals surface area (Å²) in [6, 6.07) is 9.46. The summed E-state index contributed by atoms with van der Waals surface area (Å²) in [4.78, 5) is 39.8. The molecule has 0 bridgehead atoms. The molecule has 2 aliphatic heterocycles. The van der Waals surface area contributed by atoms with Crippen molar-refractivity contribution in [3.8, 4) is 11.5 Å². The average molecular weight is 422 g/mol. The van der Waals surface area contributed by atoms with Gasteiger partial charge in [0.05, 0.1) is 17.2 Å². The largest absolute Gasteiger partial charge is 0.486 e. The Labute approximate surface area is 181 Å². The van der Waals surface area contributed by atoms with Crippen molar-refractivity contribution in [2.45, 2.75) is 39.8 Å². The second-order valence-corrected chi connectivity index (χ2v) is 8.34. The van der Waals surface area contributed by atoms with Gasteiger partial charge in [0, 0.05) is 0 Å². The zero-order chi connectivity index (χ0) is 22.3. The molecule has 162 valence electrons. The van der Waals surface area contributed by atoms with Gasteiger partial charge < -0.3 is 14.8 Å². The molecular weight excluding hydrogens is 396 g/mol. The second kappa shape index (κ2) is 8.06. The predicted molar refractivity (Wildman–Crippen MR) is 114 cm³/mol. The third kappa shape index (κ3) is 3.76. The summed E-state index contributed by atoms with van der Waals surface area (Å²) in [5, 5.41) is 3.01. The zero-order valence-corrected chi connectivity index (χ0v) is 18.1. The maximum atomic E-state index is 13.1. The summed E-state index contributed by atoms with van der Waals surface area (Å²) in [6.45, 7) is 8.41. The van der Waals surface area contributed by atoms with E-state index in [1.54, 1.807) is 25.1 Å². The standard InChI is InChI=1S/C24H26N2O5/c1-13(2)21(16-6-8-19-20(12-16)31-10-9-30-19)25-22(27)15(4)26-23(28)17-7-5-14(3)11-18(17)24(26)29/h5-8,11-13,15,21H,9-10H2,1-4H3,(H,25,27)/t15-,21-/m1/s1. The molecule has 0 spiro atoms. The molecule has 0 unspecified atom stereocenters. The lowest BCUT2D eigenvalue weighted by atomic mass is 9.95. The van der Waals surface area contributed by atoms with Crippen LogP contribution in [0, 0.1) is 12.8 Å². The molecule has 2 heterocycles. The molecule has 2 atom stereocenters. The number of hydrogen-bond donors (Lipinski definition) is 1. The van der Waals surface area contributed by atoms with Crippen LogP contribution in [0.2, 0.25) is 0 Å². The van der Waals surface area contributed by atoms with Crippen LogP contribution in [0.25, 0.3) is 0 Å². The maximum Gasteiger partial charge on any atom is 0.262 e. The number of amides is 3. The first-order chi connectivity index (χ1) is 14.8. The Balaban J connectivity index is 1.55. The molecule has 2 aromatic rings. The summed E-state index contributed by atoms with van der Waals surface area (Å²) in [5.41, 5.74) is 2.44. The summed E-state index contributed by atoms with van der Waals surface area (Å²) in [7, 11) is 0. The Bertz CT molecular complexity index is 1060. The van der Waals surface area contributed by atoms with E-state index in [1.165, 1.54) is 0 Å². The zero-order valence-electron chi connectivity index (χ0n) is 18.1. The third-order valence-electron chi connectivity index (χ3n) is 5.73. The van der Waals surface area contributed by atoms with Crippen LogP contribution in [0.3, 0.4) is 0 Å². The Kier molecular flexibility index (Phi) is 5.43. The van der Waals surface area contributed by atoms with Crippen LogP contribution in [0.15, 0.2) is 36.4 Å². The molecule has 0 radical (unpaired) electrons. The van der Waals surface area contributed by atoms with E-state index in [0.717, 1.165) is 16.0 Å². The van der Waals surface area contributed by atoms with E-state index >= 15 is 0 Å². The molecule has 7 nitrogen and oxygen atoms in total. The first-order valence-electron chi connectivity index (χ1n) is 10.5. The van der Waals surface area contributed by atoms with Crippen molar-refractivity contribution >= 4 is 17.7 Å². The van der Waals surface area contributed by atoms with Crippen molar-refractivity contribution in [3.05, 3.63) is 58.7 Å². The summed E-state index contributed by atoms with van der Waals surface area (Å²) >= 11 is 0. The number of hydrogen-bond acceptors (Lipinski definition) is 5. The van der Waals surface area contributed by atoms with Gasteiger partial charge in [-0.3, -0.25) is 19.3 Å². The fraction of sp³-hybridized carbons (Fsp3) is 0.375. The molecule has 2 aromatic carbocycles. The molecule has 0 aliphatic carbocycles. The van der Waals surface area contributed by atoms with Crippen molar-refractivity contribution in [3.63, 3.8) is 0 Å². The maximum absolute atomic E-state index is 13.1. The van der Waals surface area contributed by atoms with Crippen LogP contribution < -0.4 is 14.8 Å². The number of benzene rings is 2. The van der Waals surface area contributed by atoms with E-state index in [0.29, 0.717) is 35.8 Å². The van der Waals surface area contributed by atoms with Gasteiger partial charge >= 0.3 is 0 Å². The van der Waals surface area contributed by atoms with E-state index in [4.69, 9.17) is 9.47 Å². The van der Waals surface area contributed by atoms with E-state index in [2.05, 4.69) is 5.32 Å². The molecule has 3 amide bonds. The third-order valence-corrected chi connectivity index (χ3v) is 5.73. The molecule has 0 saturated carbocycles. The van der Waals surface area contributed by atoms with Gasteiger partial charge in [0.25, 0.3) is 11.8 Å². The molecule has 2 aliphatic rings. The van der Waals surface area contributed by atoms with Gasteiger partial charge in [-0.2, -0.15) is 0 Å². The molecular formula is C24H26N2O5. The van der Waals surface area contributed by atoms with Crippen molar-refractivity contribution in [2.75, 3.05) is 13.2 Å². The molecule has 0 aromatic heterocycles. The quantitative estimate of drug-likeness (QED) is 0.748. The van der Waals surface area contributed by atoms with Gasteiger partial charge in [-0.1, -0.05) is 31.5 Å². The number of fused-ring (bicyclic) bond motifs is 2. The number of imide groups is 1. The number of ether oxygens (including phenoxy) is 2. The molecule has 0 fully saturated rings. The number of carbonyl (C=O) groups excluding carboxylic acids is 3. The monoisotopic (exact) mass is 422 g/mol. The number of nitrogens with zero attached hydrogens (tertiary/aromatic N) is 1. The van der Waals surface area contributed by atoms with Crippen LogP contribution in [-0.2, 0) is 4.79 Å². The van der Waals surface area contributed by atoms with E-state index in [9.17, 15) is 14.4 Å². The van der Waals surface area contributed by atoms with E-state index in [-0.39, 0.29) is 17.9 Å². The SMILES string of the molecule is Cc1ccc2c(c1)C(=O)N([C@H](C)C(=O)N[C@@H](c1ccc3c(c1)OCCO3)C(C)C)C2=O. The number of aryl methyl sites for hydroxylation is 1. The predicted octanol–water partition coefficient (Wildman–Crippen LogP) is 3.26. The van der Waals surface area contributed by atoms with Gasteiger partial charge in [-0.25, -0.2) is 0 Å². The first-order valence-corrected chi connectivity index (χ1v) is 10.5. The molecule has 4 rings (SSSR count). The Morgan fingerprint density at radius 2 is 1.61 bits per heavy atom. The lowest BCUT2D eigenvalue weighted by molar-refractivity contribution is -0.125. The number of rotatable bonds is 5. The van der Waals surface area contributed by atoms with Crippen LogP contribution in [-0.4, -0.2) is 41.9 Å². The van der Waals surface area contributed by atoms with E-state index < -0.39 is 17.9 Å². The molecule has 0 saturated heterocycles. The van der Waals surface area contributed by atoms with Gasteiger partial charge in [-0.15, -0.1) is 0 Å². The fourth-order valence-electron chi connectivity index (χ4n) is 4.00. The van der Waals surface area contributed by atoms with Gasteiger partial charge in [0.2, 0.25) is 5.91 Å². The number of nitrogens with one attached hydrogen (secondary N) is 1. The van der Waals surface area contributed by atoms with Crippen LogP contribution in [0.4, 0.5) is 0 Å². The minimum atomic E-state index is -0.939. The Morgan fingerprint density at radius 1 is 0.935 bits per heavy atom. The van der Waals surface area contributed by atoms with Crippen LogP contribution in [0.1, 0.15) is 58.7 Å². The highest BCUT2D eigenvalue weighted by Gasteiger charge is 2.41. The topological polar surface area (TPSA) is 84.9 Å².